The number of nitrogens with one attached hydrogen (secondary N) is 1. The van der Waals surface area contributed by atoms with E-state index in [1.807, 2.05) is 19.1 Å². The fraction of sp³-hybridized carbons (Fsp3) is 0.0435. The van der Waals surface area contributed by atoms with Crippen LogP contribution >= 0.6 is 23.8 Å². The van der Waals surface area contributed by atoms with Gasteiger partial charge in [0.1, 0.15) is 17.1 Å². The van der Waals surface area contributed by atoms with Crippen molar-refractivity contribution in [2.24, 2.45) is 0 Å². The zero-order valence-electron chi connectivity index (χ0n) is 16.6. The van der Waals surface area contributed by atoms with Crippen LogP contribution in [0.25, 0.3) is 17.4 Å². The maximum atomic E-state index is 13.1. The zero-order chi connectivity index (χ0) is 23.0. The number of anilines is 1. The van der Waals surface area contributed by atoms with Gasteiger partial charge in [-0.2, -0.15) is 0 Å². The molecule has 0 saturated carbocycles. The number of amides is 2. The van der Waals surface area contributed by atoms with E-state index in [4.69, 9.17) is 28.2 Å². The number of carboxylic acid groups (broad SMARTS) is 1. The number of benzene rings is 2. The van der Waals surface area contributed by atoms with Crippen LogP contribution in [-0.4, -0.2) is 28.0 Å². The molecule has 0 unspecified atom stereocenters. The molecule has 0 aliphatic carbocycles. The molecule has 0 atom stereocenters. The van der Waals surface area contributed by atoms with Crippen molar-refractivity contribution >= 4 is 58.5 Å². The lowest BCUT2D eigenvalue weighted by molar-refractivity contribution is -0.122. The van der Waals surface area contributed by atoms with Crippen LogP contribution in [-0.2, 0) is 9.59 Å². The minimum absolute atomic E-state index is 0.0106. The number of nitrogens with zero attached hydrogens (tertiary/aromatic N) is 1. The van der Waals surface area contributed by atoms with Gasteiger partial charge in [-0.3, -0.25) is 19.8 Å². The Morgan fingerprint density at radius 3 is 2.53 bits per heavy atom. The summed E-state index contributed by atoms with van der Waals surface area (Å²) in [6.45, 7) is 1.92. The van der Waals surface area contributed by atoms with Gasteiger partial charge in [0, 0.05) is 5.56 Å². The van der Waals surface area contributed by atoms with Crippen molar-refractivity contribution in [3.63, 3.8) is 0 Å². The normalized spacial score (nSPS) is 15.2. The highest BCUT2D eigenvalue weighted by Crippen LogP contribution is 2.28. The lowest BCUT2D eigenvalue weighted by atomic mass is 10.1. The highest BCUT2D eigenvalue weighted by Gasteiger charge is 2.34. The molecule has 1 aliphatic heterocycles. The molecular weight excluding hydrogens is 452 g/mol. The number of aryl methyl sites for hydroxylation is 1. The van der Waals surface area contributed by atoms with E-state index in [0.29, 0.717) is 17.0 Å². The number of carbonyl (C=O) groups excluding carboxylic acids is 2. The van der Waals surface area contributed by atoms with Crippen molar-refractivity contribution in [1.82, 2.24) is 5.32 Å². The molecule has 2 heterocycles. The quantitative estimate of drug-likeness (QED) is 0.335. The molecule has 2 aromatic carbocycles. The number of aromatic carboxylic acids is 1. The van der Waals surface area contributed by atoms with E-state index < -0.39 is 17.8 Å². The molecule has 3 aromatic rings. The van der Waals surface area contributed by atoms with Crippen molar-refractivity contribution in [2.45, 2.75) is 6.92 Å². The summed E-state index contributed by atoms with van der Waals surface area (Å²) in [4.78, 5) is 38.1. The summed E-state index contributed by atoms with van der Waals surface area (Å²) < 4.78 is 5.73. The Morgan fingerprint density at radius 2 is 1.84 bits per heavy atom. The van der Waals surface area contributed by atoms with Gasteiger partial charge >= 0.3 is 5.97 Å². The predicted molar refractivity (Wildman–Crippen MR) is 123 cm³/mol. The van der Waals surface area contributed by atoms with Gasteiger partial charge in [-0.25, -0.2) is 4.79 Å². The maximum Gasteiger partial charge on any atom is 0.337 e. The van der Waals surface area contributed by atoms with Crippen LogP contribution < -0.4 is 10.2 Å². The molecule has 1 aromatic heterocycles. The van der Waals surface area contributed by atoms with Crippen molar-refractivity contribution in [1.29, 1.82) is 0 Å². The molecule has 2 amide bonds. The first-order valence-electron chi connectivity index (χ1n) is 9.36. The number of thiocarbonyl (C=S) groups is 1. The molecular formula is C23H15ClN2O5S. The van der Waals surface area contributed by atoms with Crippen LogP contribution in [0, 0.1) is 6.92 Å². The molecule has 4 rings (SSSR count). The van der Waals surface area contributed by atoms with Crippen molar-refractivity contribution in [3.05, 3.63) is 82.1 Å². The first-order valence-corrected chi connectivity index (χ1v) is 10.1. The number of hydrogen-bond donors (Lipinski definition) is 2. The maximum absolute atomic E-state index is 13.1. The Labute approximate surface area is 192 Å². The Hall–Kier alpha value is -3.75. The highest BCUT2D eigenvalue weighted by molar-refractivity contribution is 7.80. The molecule has 7 nitrogen and oxygen atoms in total. The first kappa shape index (κ1) is 21.5. The van der Waals surface area contributed by atoms with Crippen molar-refractivity contribution in [3.8, 4) is 11.3 Å². The second-order valence-electron chi connectivity index (χ2n) is 7.00. The van der Waals surface area contributed by atoms with Gasteiger partial charge in [-0.1, -0.05) is 29.3 Å². The summed E-state index contributed by atoms with van der Waals surface area (Å²) in [5.74, 6) is -1.80. The lowest BCUT2D eigenvalue weighted by Gasteiger charge is -2.28. The second kappa shape index (κ2) is 8.41. The van der Waals surface area contributed by atoms with Crippen LogP contribution in [0.15, 0.2) is 64.6 Å². The third kappa shape index (κ3) is 4.05. The van der Waals surface area contributed by atoms with E-state index in [9.17, 15) is 19.5 Å². The molecule has 0 bridgehead atoms. The Bertz CT molecular complexity index is 1310. The minimum Gasteiger partial charge on any atom is -0.478 e. The van der Waals surface area contributed by atoms with Crippen molar-refractivity contribution < 1.29 is 23.9 Å². The summed E-state index contributed by atoms with van der Waals surface area (Å²) in [6, 6.07) is 14.8. The zero-order valence-corrected chi connectivity index (χ0v) is 18.2. The van der Waals surface area contributed by atoms with Crippen LogP contribution in [0.4, 0.5) is 5.69 Å². The average Bonchev–Trinajstić information content (AvgIpc) is 3.21. The Morgan fingerprint density at radius 1 is 1.12 bits per heavy atom. The predicted octanol–water partition coefficient (Wildman–Crippen LogP) is 4.44. The van der Waals surface area contributed by atoms with E-state index in [0.717, 1.165) is 5.56 Å². The lowest BCUT2D eigenvalue weighted by Crippen LogP contribution is -2.54. The summed E-state index contributed by atoms with van der Waals surface area (Å²) in [7, 11) is 0. The molecule has 0 radical (unpaired) electrons. The summed E-state index contributed by atoms with van der Waals surface area (Å²) in [5, 5.41) is 11.9. The van der Waals surface area contributed by atoms with E-state index in [2.05, 4.69) is 5.32 Å². The summed E-state index contributed by atoms with van der Waals surface area (Å²) >= 11 is 11.1. The molecule has 160 valence electrons. The molecule has 1 fully saturated rings. The average molecular weight is 467 g/mol. The van der Waals surface area contributed by atoms with E-state index in [1.54, 1.807) is 30.3 Å². The van der Waals surface area contributed by atoms with Crippen LogP contribution in [0.1, 0.15) is 21.7 Å². The fourth-order valence-electron chi connectivity index (χ4n) is 3.16. The van der Waals surface area contributed by atoms with Gasteiger partial charge < -0.3 is 9.52 Å². The number of furan rings is 1. The van der Waals surface area contributed by atoms with Crippen molar-refractivity contribution in [2.75, 3.05) is 4.90 Å². The van der Waals surface area contributed by atoms with Crippen LogP contribution in [0.5, 0.6) is 0 Å². The largest absolute Gasteiger partial charge is 0.478 e. The number of halogens is 1. The number of carbonyl (C=O) groups is 3. The first-order chi connectivity index (χ1) is 15.2. The standard InChI is InChI=1S/C23H15ClN2O5S/c1-12-2-5-14(6-3-12)26-21(28)17(20(27)25-23(26)32)11-15-7-9-19(31-15)13-4-8-18(24)16(10-13)22(29)30/h2-11H,1H3,(H,29,30)(H,25,27,32)/b17-11-. The molecule has 1 aliphatic rings. The van der Waals surface area contributed by atoms with Gasteiger partial charge in [0.25, 0.3) is 11.8 Å². The van der Waals surface area contributed by atoms with Crippen LogP contribution in [0.3, 0.4) is 0 Å². The molecule has 1 saturated heterocycles. The van der Waals surface area contributed by atoms with Crippen LogP contribution in [0.2, 0.25) is 5.02 Å². The van der Waals surface area contributed by atoms with Gasteiger partial charge in [-0.15, -0.1) is 0 Å². The third-order valence-electron chi connectivity index (χ3n) is 4.79. The Kier molecular flexibility index (Phi) is 5.65. The summed E-state index contributed by atoms with van der Waals surface area (Å²) in [5.41, 5.74) is 1.81. The smallest absolute Gasteiger partial charge is 0.337 e. The number of hydrogen-bond acceptors (Lipinski definition) is 5. The van der Waals surface area contributed by atoms with Gasteiger partial charge in [0.15, 0.2) is 5.11 Å². The molecule has 2 N–H and O–H groups in total. The van der Waals surface area contributed by atoms with E-state index in [1.165, 1.54) is 23.1 Å². The second-order valence-corrected chi connectivity index (χ2v) is 7.79. The number of rotatable bonds is 4. The third-order valence-corrected chi connectivity index (χ3v) is 5.40. The van der Waals surface area contributed by atoms with E-state index in [-0.39, 0.29) is 27.0 Å². The number of carboxylic acids is 1. The topological polar surface area (TPSA) is 99.8 Å². The van der Waals surface area contributed by atoms with Gasteiger partial charge in [-0.05, 0) is 67.7 Å². The van der Waals surface area contributed by atoms with E-state index >= 15 is 0 Å². The van der Waals surface area contributed by atoms with Gasteiger partial charge in [0.05, 0.1) is 16.3 Å². The molecule has 9 heteroatoms. The molecule has 32 heavy (non-hydrogen) atoms. The highest BCUT2D eigenvalue weighted by atomic mass is 35.5. The monoisotopic (exact) mass is 466 g/mol. The molecule has 0 spiro atoms. The fourth-order valence-corrected chi connectivity index (χ4v) is 3.64. The Balaban J connectivity index is 1.67. The SMILES string of the molecule is Cc1ccc(N2C(=O)/C(=C\c3ccc(-c4ccc(Cl)c(C(=O)O)c4)o3)C(=O)NC2=S)cc1. The van der Waals surface area contributed by atoms with Gasteiger partial charge in [0.2, 0.25) is 0 Å². The summed E-state index contributed by atoms with van der Waals surface area (Å²) in [6.07, 6.45) is 1.32. The minimum atomic E-state index is -1.16.